The molecule has 176 valence electrons. The van der Waals surface area contributed by atoms with E-state index in [9.17, 15) is 16.8 Å². The second-order valence-corrected chi connectivity index (χ2v) is 11.4. The molecule has 0 atom stereocenters. The van der Waals surface area contributed by atoms with E-state index >= 15 is 0 Å². The van der Waals surface area contributed by atoms with E-state index in [2.05, 4.69) is 19.2 Å². The smallest absolute Gasteiger partial charge is 0.271 e. The highest BCUT2D eigenvalue weighted by Gasteiger charge is 2.19. The molecule has 0 radical (unpaired) electrons. The van der Waals surface area contributed by atoms with Gasteiger partial charge in [-0.05, 0) is 35.4 Å². The Labute approximate surface area is 202 Å². The van der Waals surface area contributed by atoms with E-state index in [1.54, 1.807) is 5.38 Å². The zero-order chi connectivity index (χ0) is 24.0. The summed E-state index contributed by atoms with van der Waals surface area (Å²) >= 11 is 1.16. The molecule has 0 aliphatic carbocycles. The molecule has 4 rings (SSSR count). The van der Waals surface area contributed by atoms with Gasteiger partial charge in [-0.3, -0.25) is 9.44 Å². The zero-order valence-electron chi connectivity index (χ0n) is 17.8. The second kappa shape index (κ2) is 10.3. The van der Waals surface area contributed by atoms with Gasteiger partial charge in [0, 0.05) is 29.7 Å². The van der Waals surface area contributed by atoms with Crippen LogP contribution >= 0.6 is 11.3 Å². The summed E-state index contributed by atoms with van der Waals surface area (Å²) in [7, 11) is -7.73. The van der Waals surface area contributed by atoms with Gasteiger partial charge in [0.1, 0.15) is 0 Å². The van der Waals surface area contributed by atoms with Gasteiger partial charge < -0.3 is 0 Å². The Bertz CT molecular complexity index is 1370. The minimum Gasteiger partial charge on any atom is -0.271 e. The minimum atomic E-state index is -3.91. The predicted molar refractivity (Wildman–Crippen MR) is 135 cm³/mol. The summed E-state index contributed by atoms with van der Waals surface area (Å²) in [6.07, 6.45) is 1.49. The van der Waals surface area contributed by atoms with Crippen molar-refractivity contribution in [3.63, 3.8) is 0 Å². The lowest BCUT2D eigenvalue weighted by atomic mass is 9.92. The lowest BCUT2D eigenvalue weighted by molar-refractivity contribution is 0.583. The quantitative estimate of drug-likeness (QED) is 0.295. The molecule has 4 aromatic rings. The Hall–Kier alpha value is -3.25. The maximum Gasteiger partial charge on any atom is 0.299 e. The van der Waals surface area contributed by atoms with Crippen LogP contribution in [0, 0.1) is 0 Å². The highest BCUT2D eigenvalue weighted by molar-refractivity contribution is 7.93. The molecule has 0 amide bonds. The first kappa shape index (κ1) is 23.9. The number of hydrogen-bond acceptors (Lipinski definition) is 6. The van der Waals surface area contributed by atoms with Crippen LogP contribution < -0.4 is 14.2 Å². The fourth-order valence-corrected chi connectivity index (χ4v) is 6.03. The van der Waals surface area contributed by atoms with E-state index < -0.39 is 20.2 Å². The van der Waals surface area contributed by atoms with Crippen molar-refractivity contribution in [2.45, 2.75) is 10.8 Å². The van der Waals surface area contributed by atoms with Gasteiger partial charge in [0.05, 0.1) is 4.90 Å². The predicted octanol–water partition coefficient (Wildman–Crippen LogP) is 4.02. The van der Waals surface area contributed by atoms with Gasteiger partial charge in [0.15, 0.2) is 5.13 Å². The van der Waals surface area contributed by atoms with Crippen LogP contribution in [0.25, 0.3) is 0 Å². The van der Waals surface area contributed by atoms with E-state index in [1.165, 1.54) is 30.5 Å². The number of benzene rings is 3. The molecule has 0 aliphatic heterocycles. The first-order chi connectivity index (χ1) is 16.3. The molecule has 0 unspecified atom stereocenters. The first-order valence-electron chi connectivity index (χ1n) is 10.2. The molecule has 0 spiro atoms. The number of nitrogens with one attached hydrogen (secondary N) is 3. The van der Waals surface area contributed by atoms with E-state index in [0.29, 0.717) is 0 Å². The average Bonchev–Trinajstić information content (AvgIpc) is 3.33. The fourth-order valence-electron chi connectivity index (χ4n) is 3.33. The van der Waals surface area contributed by atoms with Crippen molar-refractivity contribution in [2.75, 3.05) is 16.0 Å². The summed E-state index contributed by atoms with van der Waals surface area (Å²) < 4.78 is 57.7. The molecule has 8 nitrogen and oxygen atoms in total. The molecule has 34 heavy (non-hydrogen) atoms. The standard InChI is InChI=1S/C23H22N4O4S3/c28-33(29,27-23-24-15-16-32-23)21-13-11-20(12-14-21)26-34(30,31)25-17-22(18-7-3-1-4-8-18)19-9-5-2-6-10-19/h1-16,22,25-26H,17H2,(H,24,27). The SMILES string of the molecule is O=S(=O)(NCC(c1ccccc1)c1ccccc1)Nc1ccc(S(=O)(=O)Nc2nccs2)cc1. The van der Waals surface area contributed by atoms with Gasteiger partial charge >= 0.3 is 0 Å². The maximum atomic E-state index is 12.7. The van der Waals surface area contributed by atoms with Crippen molar-refractivity contribution in [1.82, 2.24) is 9.71 Å². The molecule has 11 heteroatoms. The number of aromatic nitrogens is 1. The van der Waals surface area contributed by atoms with Gasteiger partial charge in [-0.15, -0.1) is 11.3 Å². The van der Waals surface area contributed by atoms with E-state index in [4.69, 9.17) is 0 Å². The molecule has 0 saturated heterocycles. The van der Waals surface area contributed by atoms with Crippen molar-refractivity contribution >= 4 is 42.4 Å². The molecule has 1 aromatic heterocycles. The second-order valence-electron chi connectivity index (χ2n) is 7.30. The van der Waals surface area contributed by atoms with E-state index in [1.807, 2.05) is 60.7 Å². The summed E-state index contributed by atoms with van der Waals surface area (Å²) in [6.45, 7) is 0.146. The summed E-state index contributed by atoms with van der Waals surface area (Å²) in [4.78, 5) is 3.89. The van der Waals surface area contributed by atoms with E-state index in [0.717, 1.165) is 22.5 Å². The molecule has 0 fully saturated rings. The normalized spacial score (nSPS) is 11.9. The average molecular weight is 515 g/mol. The molecular formula is C23H22N4O4S3. The molecule has 0 saturated carbocycles. The number of rotatable bonds is 10. The van der Waals surface area contributed by atoms with Crippen LogP contribution in [0.4, 0.5) is 10.8 Å². The van der Waals surface area contributed by atoms with Crippen LogP contribution in [-0.4, -0.2) is 28.4 Å². The van der Waals surface area contributed by atoms with Gasteiger partial charge in [-0.1, -0.05) is 60.7 Å². The third-order valence-corrected chi connectivity index (χ3v) is 8.18. The van der Waals surface area contributed by atoms with Gasteiger partial charge in [-0.2, -0.15) is 13.1 Å². The third-order valence-electron chi connectivity index (χ3n) is 4.95. The van der Waals surface area contributed by atoms with Crippen LogP contribution in [0.5, 0.6) is 0 Å². The maximum absolute atomic E-state index is 12.7. The van der Waals surface area contributed by atoms with Crippen molar-refractivity contribution in [3.8, 4) is 0 Å². The summed E-state index contributed by atoms with van der Waals surface area (Å²) in [5.74, 6) is -0.177. The van der Waals surface area contributed by atoms with Gasteiger partial charge in [-0.25, -0.2) is 13.4 Å². The fraction of sp³-hybridized carbons (Fsp3) is 0.0870. The molecule has 3 N–H and O–H groups in total. The largest absolute Gasteiger partial charge is 0.299 e. The third kappa shape index (κ3) is 6.20. The Morgan fingerprint density at radius 2 is 1.35 bits per heavy atom. The Balaban J connectivity index is 1.44. The minimum absolute atomic E-state index is 0.00757. The van der Waals surface area contributed by atoms with Crippen LogP contribution in [0.2, 0.25) is 0 Å². The molecule has 3 aromatic carbocycles. The monoisotopic (exact) mass is 514 g/mol. The topological polar surface area (TPSA) is 117 Å². The van der Waals surface area contributed by atoms with Crippen molar-refractivity contribution < 1.29 is 16.8 Å². The van der Waals surface area contributed by atoms with Crippen molar-refractivity contribution in [2.24, 2.45) is 0 Å². The lowest BCUT2D eigenvalue weighted by Crippen LogP contribution is -2.33. The summed E-state index contributed by atoms with van der Waals surface area (Å²) in [5.41, 5.74) is 2.20. The van der Waals surface area contributed by atoms with Crippen LogP contribution in [-0.2, 0) is 20.2 Å². The zero-order valence-corrected chi connectivity index (χ0v) is 20.3. The van der Waals surface area contributed by atoms with Crippen LogP contribution in [0.1, 0.15) is 17.0 Å². The van der Waals surface area contributed by atoms with Gasteiger partial charge in [0.2, 0.25) is 0 Å². The Morgan fingerprint density at radius 3 is 1.88 bits per heavy atom. The Morgan fingerprint density at radius 1 is 0.765 bits per heavy atom. The number of thiazole rings is 1. The summed E-state index contributed by atoms with van der Waals surface area (Å²) in [6, 6.07) is 24.7. The number of anilines is 2. The van der Waals surface area contributed by atoms with Crippen LogP contribution in [0.3, 0.4) is 0 Å². The summed E-state index contributed by atoms with van der Waals surface area (Å²) in [5, 5.41) is 1.91. The molecule has 0 aliphatic rings. The number of sulfonamides is 1. The molecule has 1 heterocycles. The van der Waals surface area contributed by atoms with Crippen LogP contribution in [0.15, 0.2) is 101 Å². The lowest BCUT2D eigenvalue weighted by Gasteiger charge is -2.19. The molecule has 0 bridgehead atoms. The number of hydrogen-bond donors (Lipinski definition) is 3. The highest BCUT2D eigenvalue weighted by atomic mass is 32.2. The number of nitrogens with zero attached hydrogens (tertiary/aromatic N) is 1. The van der Waals surface area contributed by atoms with Crippen molar-refractivity contribution in [3.05, 3.63) is 108 Å². The first-order valence-corrected chi connectivity index (χ1v) is 14.1. The van der Waals surface area contributed by atoms with E-state index in [-0.39, 0.29) is 28.2 Å². The highest BCUT2D eigenvalue weighted by Crippen LogP contribution is 2.24. The molecular weight excluding hydrogens is 492 g/mol. The van der Waals surface area contributed by atoms with Crippen molar-refractivity contribution in [1.29, 1.82) is 0 Å². The van der Waals surface area contributed by atoms with Gasteiger partial charge in [0.25, 0.3) is 20.2 Å². The Kier molecular flexibility index (Phi) is 7.27.